The number of hydrogen-bond donors (Lipinski definition) is 0. The molecule has 0 saturated heterocycles. The van der Waals surface area contributed by atoms with Gasteiger partial charge in [0.05, 0.1) is 11.1 Å². The van der Waals surface area contributed by atoms with Crippen molar-refractivity contribution in [2.75, 3.05) is 0 Å². The number of fused-ring (bicyclic) bond motifs is 7. The van der Waals surface area contributed by atoms with Gasteiger partial charge >= 0.3 is 11.9 Å². The topological polar surface area (TPSA) is 19.0 Å². The summed E-state index contributed by atoms with van der Waals surface area (Å²) < 4.78 is 7.39. The second kappa shape index (κ2) is 12.9. The van der Waals surface area contributed by atoms with Gasteiger partial charge in [-0.15, -0.1) is 0 Å². The van der Waals surface area contributed by atoms with Crippen LogP contribution < -0.4 is 4.67 Å². The third-order valence-corrected chi connectivity index (χ3v) is 12.1. The third-order valence-electron chi connectivity index (χ3n) is 12.1. The number of nitrogens with zero attached hydrogens (tertiary/aromatic N) is 2. The van der Waals surface area contributed by atoms with E-state index < -0.39 is 0 Å². The number of para-hydroxylation sites is 1. The van der Waals surface area contributed by atoms with Crippen LogP contribution in [-0.4, -0.2) is 16.5 Å². The lowest BCUT2D eigenvalue weighted by molar-refractivity contribution is 1.11. The zero-order valence-corrected chi connectivity index (χ0v) is 31.6. The van der Waals surface area contributed by atoms with E-state index in [9.17, 15) is 0 Å². The van der Waals surface area contributed by atoms with Crippen LogP contribution in [0.15, 0.2) is 206 Å². The molecule has 0 unspecified atom stereocenters. The van der Waals surface area contributed by atoms with Crippen LogP contribution in [-0.2, 0) is 0 Å². The number of aromatic nitrogens is 1. The summed E-state index contributed by atoms with van der Waals surface area (Å²) in [7, 11) is 0. The molecule has 12 rings (SSSR count). The van der Waals surface area contributed by atoms with E-state index in [1.807, 2.05) is 6.21 Å². The van der Waals surface area contributed by atoms with Crippen LogP contribution in [0.5, 0.6) is 0 Å². The van der Waals surface area contributed by atoms with Crippen molar-refractivity contribution >= 4 is 65.9 Å². The maximum absolute atomic E-state index is 5.04. The Morgan fingerprint density at radius 2 is 0.810 bits per heavy atom. The monoisotopic (exact) mass is 735 g/mol. The Balaban J connectivity index is 1.13. The first-order valence-corrected chi connectivity index (χ1v) is 19.9. The Kier molecular flexibility index (Phi) is 7.22. The summed E-state index contributed by atoms with van der Waals surface area (Å²) in [6.45, 7) is 0. The van der Waals surface area contributed by atoms with Gasteiger partial charge in [-0.3, -0.25) is 0 Å². The first kappa shape index (κ1) is 32.5. The minimum absolute atomic E-state index is 1.01. The molecule has 0 aliphatic carbocycles. The molecule has 0 amide bonds. The molecule has 268 valence electrons. The van der Waals surface area contributed by atoms with E-state index in [0.29, 0.717) is 0 Å². The molecule has 58 heavy (non-hydrogen) atoms. The molecule has 0 spiro atoms. The predicted molar refractivity (Wildman–Crippen MR) is 247 cm³/mol. The highest BCUT2D eigenvalue weighted by atomic mass is 15.0. The molecule has 0 N–H and O–H groups in total. The Morgan fingerprint density at radius 3 is 1.47 bits per heavy atom. The van der Waals surface area contributed by atoms with Crippen LogP contribution in [0.4, 0.5) is 0 Å². The quantitative estimate of drug-likeness (QED) is 0.124. The lowest BCUT2D eigenvalue weighted by Gasteiger charge is -2.19. The lowest BCUT2D eigenvalue weighted by atomic mass is 9.84. The molecule has 2 heterocycles. The van der Waals surface area contributed by atoms with Gasteiger partial charge in [0, 0.05) is 11.1 Å². The highest BCUT2D eigenvalue weighted by Gasteiger charge is 2.34. The van der Waals surface area contributed by atoms with Crippen molar-refractivity contribution in [3.8, 4) is 39.1 Å². The Hall–Kier alpha value is -7.77. The van der Waals surface area contributed by atoms with Gasteiger partial charge < -0.3 is 4.57 Å². The highest BCUT2D eigenvalue weighted by Crippen LogP contribution is 2.46. The maximum Gasteiger partial charge on any atom is 0.344 e. The summed E-state index contributed by atoms with van der Waals surface area (Å²) in [5, 5.41) is 11.1. The van der Waals surface area contributed by atoms with Crippen molar-refractivity contribution < 1.29 is 0 Å². The van der Waals surface area contributed by atoms with E-state index in [0.717, 1.165) is 22.7 Å². The Morgan fingerprint density at radius 1 is 0.310 bits per heavy atom. The van der Waals surface area contributed by atoms with Gasteiger partial charge in [0.25, 0.3) is 0 Å². The van der Waals surface area contributed by atoms with Crippen LogP contribution in [0, 0.1) is 0 Å². The van der Waals surface area contributed by atoms with Crippen molar-refractivity contribution in [1.82, 2.24) is 9.24 Å². The Bertz CT molecular complexity index is 3530. The van der Waals surface area contributed by atoms with E-state index in [4.69, 9.17) is 4.67 Å². The van der Waals surface area contributed by atoms with Gasteiger partial charge in [0.2, 0.25) is 0 Å². The molecule has 0 fully saturated rings. The highest BCUT2D eigenvalue weighted by molar-refractivity contribution is 6.27. The molecule has 1 aliphatic heterocycles. The van der Waals surface area contributed by atoms with Gasteiger partial charge in [0.1, 0.15) is 11.3 Å². The van der Waals surface area contributed by atoms with E-state index in [1.165, 1.54) is 92.9 Å². The summed E-state index contributed by atoms with van der Waals surface area (Å²) in [6.07, 6.45) is 2.04. The van der Waals surface area contributed by atoms with Gasteiger partial charge in [-0.1, -0.05) is 156 Å². The van der Waals surface area contributed by atoms with Crippen LogP contribution in [0.25, 0.3) is 93.1 Å². The molecule has 2 heteroatoms. The summed E-state index contributed by atoms with van der Waals surface area (Å²) in [6, 6.07) is 75.4. The average molecular weight is 736 g/mol. The normalized spacial score (nSPS) is 12.2. The van der Waals surface area contributed by atoms with Crippen LogP contribution in [0.2, 0.25) is 0 Å². The maximum atomic E-state index is 5.04. The molecular weight excluding hydrogens is 701 g/mol. The van der Waals surface area contributed by atoms with Crippen molar-refractivity contribution in [2.45, 2.75) is 0 Å². The fraction of sp³-hybridized carbons (Fsp3) is 0. The lowest BCUT2D eigenvalue weighted by Crippen LogP contribution is -2.03. The first-order chi connectivity index (χ1) is 28.8. The van der Waals surface area contributed by atoms with E-state index in [2.05, 4.69) is 211 Å². The Labute approximate surface area is 336 Å². The largest absolute Gasteiger partial charge is 0.344 e. The minimum Gasteiger partial charge on any atom is -0.303 e. The van der Waals surface area contributed by atoms with Gasteiger partial charge in [-0.25, -0.2) is 0 Å². The molecule has 10 aromatic carbocycles. The van der Waals surface area contributed by atoms with Crippen molar-refractivity contribution in [3.05, 3.63) is 223 Å². The second-order valence-corrected chi connectivity index (χ2v) is 15.3. The van der Waals surface area contributed by atoms with Crippen molar-refractivity contribution in [1.29, 1.82) is 0 Å². The standard InChI is InChI=1S/C56H35N2/c1-3-15-38(16-4-1)56-55-50-34-42(28-30-51(50)58(52(55)35-57-56)45-19-5-2-6-20-45)41-27-29-48-49(33-41)54(44-26-24-37-14-8-10-18-40(37)32-44)47-22-12-11-21-46(47)53(48)43-25-23-36-13-7-9-17-39(36)31-43/h1-35H/q+1. The number of hydrogen-bond acceptors (Lipinski definition) is 0. The van der Waals surface area contributed by atoms with Crippen LogP contribution >= 0.6 is 0 Å². The molecule has 1 aromatic heterocycles. The van der Waals surface area contributed by atoms with Crippen LogP contribution in [0.1, 0.15) is 16.8 Å². The molecule has 0 atom stereocenters. The second-order valence-electron chi connectivity index (χ2n) is 15.3. The van der Waals surface area contributed by atoms with E-state index >= 15 is 0 Å². The zero-order chi connectivity index (χ0) is 38.2. The van der Waals surface area contributed by atoms with E-state index in [1.54, 1.807) is 0 Å². The van der Waals surface area contributed by atoms with Gasteiger partial charge in [0.15, 0.2) is 0 Å². The molecule has 0 bridgehead atoms. The zero-order valence-electron chi connectivity index (χ0n) is 31.6. The fourth-order valence-electron chi connectivity index (χ4n) is 9.39. The van der Waals surface area contributed by atoms with Crippen molar-refractivity contribution in [3.63, 3.8) is 0 Å². The summed E-state index contributed by atoms with van der Waals surface area (Å²) in [5.74, 6) is 0. The fourth-order valence-corrected chi connectivity index (χ4v) is 9.39. The third kappa shape index (κ3) is 5.03. The molecule has 2 nitrogen and oxygen atoms in total. The molecule has 1 aliphatic rings. The first-order valence-electron chi connectivity index (χ1n) is 19.9. The number of rotatable bonds is 5. The van der Waals surface area contributed by atoms with Gasteiger partial charge in [-0.05, 0) is 131 Å². The van der Waals surface area contributed by atoms with Gasteiger partial charge in [-0.2, -0.15) is 0 Å². The molecular formula is C56H35N2+. The minimum atomic E-state index is 1.01. The summed E-state index contributed by atoms with van der Waals surface area (Å²) >= 11 is 0. The molecule has 11 aromatic rings. The average Bonchev–Trinajstić information content (AvgIpc) is 3.86. The molecule has 0 saturated carbocycles. The SMILES string of the molecule is C1=[N+]=C(c2ccccc2)c2c1n(-c1ccccc1)c1ccc(-c3ccc4c(-c5ccc6ccccc6c5)c5ccccc5c(-c5ccc6ccccc6c5)c4c3)cc21. The summed E-state index contributed by atoms with van der Waals surface area (Å²) in [5.41, 5.74) is 14.0. The molecule has 0 radical (unpaired) electrons. The van der Waals surface area contributed by atoms with Crippen molar-refractivity contribution in [2.24, 2.45) is 0 Å². The number of benzene rings is 10. The smallest absolute Gasteiger partial charge is 0.303 e. The van der Waals surface area contributed by atoms with Crippen LogP contribution in [0.3, 0.4) is 0 Å². The predicted octanol–water partition coefficient (Wildman–Crippen LogP) is 13.6. The van der Waals surface area contributed by atoms with E-state index in [-0.39, 0.29) is 0 Å². The summed E-state index contributed by atoms with van der Waals surface area (Å²) in [4.78, 5) is 0.